The van der Waals surface area contributed by atoms with Crippen LogP contribution in [0, 0.1) is 11.3 Å². The van der Waals surface area contributed by atoms with Crippen molar-refractivity contribution >= 4 is 0 Å². The molecule has 1 saturated carbocycles. The molecule has 0 heterocycles. The standard InChI is InChI=1S/C13H27NO/c1-4-12(2)10-14-11-13(6-5-7-13)8-9-15-3/h12,14H,4-11H2,1-3H3. The summed E-state index contributed by atoms with van der Waals surface area (Å²) in [4.78, 5) is 0. The van der Waals surface area contributed by atoms with E-state index >= 15 is 0 Å². The molecule has 0 aromatic rings. The molecule has 0 aromatic heterocycles. The molecule has 1 aliphatic rings. The van der Waals surface area contributed by atoms with Crippen molar-refractivity contribution in [3.8, 4) is 0 Å². The molecule has 0 aliphatic heterocycles. The summed E-state index contributed by atoms with van der Waals surface area (Å²) in [6, 6.07) is 0. The molecule has 1 atom stereocenters. The monoisotopic (exact) mass is 213 g/mol. The number of rotatable bonds is 8. The summed E-state index contributed by atoms with van der Waals surface area (Å²) in [6.45, 7) is 7.86. The highest BCUT2D eigenvalue weighted by atomic mass is 16.5. The Morgan fingerprint density at radius 2 is 2.13 bits per heavy atom. The van der Waals surface area contributed by atoms with Gasteiger partial charge >= 0.3 is 0 Å². The average molecular weight is 213 g/mol. The molecular weight excluding hydrogens is 186 g/mol. The van der Waals surface area contributed by atoms with E-state index in [0.29, 0.717) is 5.41 Å². The van der Waals surface area contributed by atoms with Gasteiger partial charge in [0.15, 0.2) is 0 Å². The van der Waals surface area contributed by atoms with Crippen LogP contribution in [0.2, 0.25) is 0 Å². The molecule has 1 fully saturated rings. The smallest absolute Gasteiger partial charge is 0.0468 e. The van der Waals surface area contributed by atoms with Crippen molar-refractivity contribution < 1.29 is 4.74 Å². The minimum absolute atomic E-state index is 0.573. The summed E-state index contributed by atoms with van der Waals surface area (Å²) in [5, 5.41) is 3.63. The third-order valence-electron chi connectivity index (χ3n) is 3.94. The second-order valence-electron chi connectivity index (χ2n) is 5.24. The molecule has 1 aliphatic carbocycles. The van der Waals surface area contributed by atoms with Crippen LogP contribution in [0.1, 0.15) is 46.0 Å². The quantitative estimate of drug-likeness (QED) is 0.669. The fourth-order valence-electron chi connectivity index (χ4n) is 2.24. The minimum Gasteiger partial charge on any atom is -0.385 e. The summed E-state index contributed by atoms with van der Waals surface area (Å²) in [5.41, 5.74) is 0.573. The van der Waals surface area contributed by atoms with Gasteiger partial charge in [-0.1, -0.05) is 26.7 Å². The van der Waals surface area contributed by atoms with Crippen LogP contribution in [-0.4, -0.2) is 26.8 Å². The van der Waals surface area contributed by atoms with Crippen LogP contribution in [0.25, 0.3) is 0 Å². The molecule has 1 N–H and O–H groups in total. The Kier molecular flexibility index (Phi) is 5.62. The highest BCUT2D eigenvalue weighted by molar-refractivity contribution is 4.89. The molecule has 0 radical (unpaired) electrons. The van der Waals surface area contributed by atoms with Gasteiger partial charge in [-0.05, 0) is 37.1 Å². The minimum atomic E-state index is 0.573. The van der Waals surface area contributed by atoms with E-state index in [0.717, 1.165) is 12.5 Å². The lowest BCUT2D eigenvalue weighted by Gasteiger charge is -2.42. The van der Waals surface area contributed by atoms with Crippen LogP contribution in [0.15, 0.2) is 0 Å². The van der Waals surface area contributed by atoms with Crippen LogP contribution in [-0.2, 0) is 4.74 Å². The maximum atomic E-state index is 5.19. The zero-order chi connectivity index (χ0) is 11.1. The summed E-state index contributed by atoms with van der Waals surface area (Å²) in [5.74, 6) is 0.810. The average Bonchev–Trinajstić information content (AvgIpc) is 2.20. The Morgan fingerprint density at radius 3 is 2.60 bits per heavy atom. The summed E-state index contributed by atoms with van der Waals surface area (Å²) in [7, 11) is 1.80. The van der Waals surface area contributed by atoms with Gasteiger partial charge in [0.25, 0.3) is 0 Å². The fraction of sp³-hybridized carbons (Fsp3) is 1.00. The summed E-state index contributed by atoms with van der Waals surface area (Å²) in [6.07, 6.45) is 6.71. The van der Waals surface area contributed by atoms with Crippen LogP contribution < -0.4 is 5.32 Å². The highest BCUT2D eigenvalue weighted by Gasteiger charge is 2.35. The topological polar surface area (TPSA) is 21.3 Å². The second-order valence-corrected chi connectivity index (χ2v) is 5.24. The predicted octanol–water partition coefficient (Wildman–Crippen LogP) is 2.83. The molecule has 0 spiro atoms. The Hall–Kier alpha value is -0.0800. The van der Waals surface area contributed by atoms with Gasteiger partial charge < -0.3 is 10.1 Å². The molecule has 1 rings (SSSR count). The first-order chi connectivity index (χ1) is 7.22. The number of nitrogens with one attached hydrogen (secondary N) is 1. The first kappa shape index (κ1) is 13.0. The van der Waals surface area contributed by atoms with Crippen LogP contribution >= 0.6 is 0 Å². The van der Waals surface area contributed by atoms with Crippen molar-refractivity contribution in [1.29, 1.82) is 0 Å². The first-order valence-electron chi connectivity index (χ1n) is 6.42. The molecule has 2 heteroatoms. The van der Waals surface area contributed by atoms with Crippen LogP contribution in [0.5, 0.6) is 0 Å². The van der Waals surface area contributed by atoms with E-state index in [9.17, 15) is 0 Å². The number of hydrogen-bond donors (Lipinski definition) is 1. The van der Waals surface area contributed by atoms with Gasteiger partial charge in [-0.25, -0.2) is 0 Å². The maximum Gasteiger partial charge on any atom is 0.0468 e. The van der Waals surface area contributed by atoms with Gasteiger partial charge in [-0.2, -0.15) is 0 Å². The molecule has 0 aromatic carbocycles. The molecule has 2 nitrogen and oxygen atoms in total. The van der Waals surface area contributed by atoms with Crippen molar-refractivity contribution in [3.05, 3.63) is 0 Å². The summed E-state index contributed by atoms with van der Waals surface area (Å²) >= 11 is 0. The second kappa shape index (κ2) is 6.49. The Labute approximate surface area is 94.8 Å². The lowest BCUT2D eigenvalue weighted by molar-refractivity contribution is 0.0684. The third kappa shape index (κ3) is 4.12. The van der Waals surface area contributed by atoms with Gasteiger partial charge in [0.1, 0.15) is 0 Å². The van der Waals surface area contributed by atoms with E-state index in [-0.39, 0.29) is 0 Å². The van der Waals surface area contributed by atoms with Gasteiger partial charge in [0, 0.05) is 20.3 Å². The van der Waals surface area contributed by atoms with Crippen molar-refractivity contribution in [2.75, 3.05) is 26.8 Å². The van der Waals surface area contributed by atoms with E-state index in [4.69, 9.17) is 4.74 Å². The zero-order valence-electron chi connectivity index (χ0n) is 10.6. The van der Waals surface area contributed by atoms with Crippen molar-refractivity contribution in [3.63, 3.8) is 0 Å². The predicted molar refractivity (Wildman–Crippen MR) is 65.1 cm³/mol. The van der Waals surface area contributed by atoms with Crippen LogP contribution in [0.4, 0.5) is 0 Å². The van der Waals surface area contributed by atoms with Crippen LogP contribution in [0.3, 0.4) is 0 Å². The van der Waals surface area contributed by atoms with E-state index in [2.05, 4.69) is 19.2 Å². The zero-order valence-corrected chi connectivity index (χ0v) is 10.6. The molecule has 90 valence electrons. The Morgan fingerprint density at radius 1 is 1.40 bits per heavy atom. The third-order valence-corrected chi connectivity index (χ3v) is 3.94. The number of ether oxygens (including phenoxy) is 1. The lowest BCUT2D eigenvalue weighted by atomic mass is 9.66. The van der Waals surface area contributed by atoms with E-state index in [1.807, 2.05) is 0 Å². The number of methoxy groups -OCH3 is 1. The summed E-state index contributed by atoms with van der Waals surface area (Å²) < 4.78 is 5.19. The van der Waals surface area contributed by atoms with Gasteiger partial charge in [0.05, 0.1) is 0 Å². The Bertz CT molecular complexity index is 166. The SMILES string of the molecule is CCC(C)CNCC1(CCOC)CCC1. The molecule has 0 bridgehead atoms. The van der Waals surface area contributed by atoms with E-state index in [1.54, 1.807) is 7.11 Å². The van der Waals surface area contributed by atoms with Crippen molar-refractivity contribution in [2.45, 2.75) is 46.0 Å². The maximum absolute atomic E-state index is 5.19. The molecule has 0 amide bonds. The van der Waals surface area contributed by atoms with Crippen molar-refractivity contribution in [2.24, 2.45) is 11.3 Å². The van der Waals surface area contributed by atoms with Gasteiger partial charge in [-0.3, -0.25) is 0 Å². The fourth-order valence-corrected chi connectivity index (χ4v) is 2.24. The number of hydrogen-bond acceptors (Lipinski definition) is 2. The van der Waals surface area contributed by atoms with E-state index in [1.165, 1.54) is 45.2 Å². The largest absolute Gasteiger partial charge is 0.385 e. The Balaban J connectivity index is 2.15. The molecule has 1 unspecified atom stereocenters. The highest BCUT2D eigenvalue weighted by Crippen LogP contribution is 2.43. The van der Waals surface area contributed by atoms with Gasteiger partial charge in [0.2, 0.25) is 0 Å². The first-order valence-corrected chi connectivity index (χ1v) is 6.42. The molecular formula is C13H27NO. The van der Waals surface area contributed by atoms with E-state index < -0.39 is 0 Å². The van der Waals surface area contributed by atoms with Gasteiger partial charge in [-0.15, -0.1) is 0 Å². The normalized spacial score (nSPS) is 21.0. The van der Waals surface area contributed by atoms with Crippen molar-refractivity contribution in [1.82, 2.24) is 5.32 Å². The molecule has 15 heavy (non-hydrogen) atoms. The lowest BCUT2D eigenvalue weighted by Crippen LogP contribution is -2.41. The molecule has 0 saturated heterocycles.